The molecule has 0 fully saturated rings. The molecular formula is C12H15N3O2. The van der Waals surface area contributed by atoms with Crippen LogP contribution in [-0.4, -0.2) is 28.8 Å². The number of aromatic nitrogens is 2. The van der Waals surface area contributed by atoms with Crippen LogP contribution in [0.3, 0.4) is 0 Å². The minimum Gasteiger partial charge on any atom is -0.508 e. The number of aryl methyl sites for hydroxylation is 1. The summed E-state index contributed by atoms with van der Waals surface area (Å²) in [5, 5.41) is 13.2. The number of hydrogen-bond acceptors (Lipinski definition) is 5. The minimum atomic E-state index is 0.233. The Morgan fingerprint density at radius 1 is 1.41 bits per heavy atom. The van der Waals surface area contributed by atoms with Crippen molar-refractivity contribution in [1.29, 1.82) is 0 Å². The molecule has 5 heteroatoms. The van der Waals surface area contributed by atoms with E-state index >= 15 is 0 Å². The normalized spacial score (nSPS) is 10.5. The van der Waals surface area contributed by atoms with E-state index < -0.39 is 0 Å². The van der Waals surface area contributed by atoms with Crippen molar-refractivity contribution in [3.63, 3.8) is 0 Å². The lowest BCUT2D eigenvalue weighted by atomic mass is 10.1. The van der Waals surface area contributed by atoms with Gasteiger partial charge in [-0.15, -0.1) is 0 Å². The van der Waals surface area contributed by atoms with Crippen LogP contribution in [0, 0.1) is 6.92 Å². The van der Waals surface area contributed by atoms with Crippen LogP contribution in [0.1, 0.15) is 12.5 Å². The molecule has 90 valence electrons. The van der Waals surface area contributed by atoms with Gasteiger partial charge in [0.2, 0.25) is 0 Å². The molecule has 0 saturated carbocycles. The van der Waals surface area contributed by atoms with Gasteiger partial charge in [0.15, 0.2) is 0 Å². The number of phenols is 1. The summed E-state index contributed by atoms with van der Waals surface area (Å²) in [4.78, 5) is 6.20. The summed E-state index contributed by atoms with van der Waals surface area (Å²) in [6.45, 7) is 4.72. The second kappa shape index (κ2) is 4.45. The van der Waals surface area contributed by atoms with E-state index in [1.54, 1.807) is 18.2 Å². The molecule has 0 atom stereocenters. The van der Waals surface area contributed by atoms with Crippen LogP contribution in [-0.2, 0) is 0 Å². The molecule has 0 aliphatic rings. The number of anilines is 1. The summed E-state index contributed by atoms with van der Waals surface area (Å²) in [6.07, 6.45) is 0. The van der Waals surface area contributed by atoms with Gasteiger partial charge in [0.1, 0.15) is 5.75 Å². The van der Waals surface area contributed by atoms with Crippen molar-refractivity contribution in [3.8, 4) is 17.2 Å². The Kier molecular flexibility index (Phi) is 2.99. The summed E-state index contributed by atoms with van der Waals surface area (Å²) >= 11 is 0. The van der Waals surface area contributed by atoms with Crippen molar-refractivity contribution < 1.29 is 9.63 Å². The van der Waals surface area contributed by atoms with Gasteiger partial charge in [-0.25, -0.2) is 0 Å². The molecule has 2 aromatic rings. The van der Waals surface area contributed by atoms with E-state index in [1.165, 1.54) is 0 Å². The highest BCUT2D eigenvalue weighted by atomic mass is 16.5. The zero-order valence-electron chi connectivity index (χ0n) is 10.1. The fourth-order valence-electron chi connectivity index (χ4n) is 1.51. The van der Waals surface area contributed by atoms with E-state index in [1.807, 2.05) is 25.8 Å². The quantitative estimate of drug-likeness (QED) is 0.880. The topological polar surface area (TPSA) is 62.4 Å². The fourth-order valence-corrected chi connectivity index (χ4v) is 1.51. The molecule has 1 N–H and O–H groups in total. The third-order valence-electron chi connectivity index (χ3n) is 2.67. The molecule has 17 heavy (non-hydrogen) atoms. The molecule has 0 amide bonds. The third kappa shape index (κ3) is 2.22. The monoisotopic (exact) mass is 233 g/mol. The zero-order valence-corrected chi connectivity index (χ0v) is 10.1. The maximum absolute atomic E-state index is 9.34. The van der Waals surface area contributed by atoms with Crippen LogP contribution in [0.5, 0.6) is 5.75 Å². The summed E-state index contributed by atoms with van der Waals surface area (Å²) in [6, 6.07) is 5.05. The van der Waals surface area contributed by atoms with Gasteiger partial charge in [0.25, 0.3) is 11.8 Å². The van der Waals surface area contributed by atoms with Crippen LogP contribution in [0.4, 0.5) is 5.95 Å². The van der Waals surface area contributed by atoms with E-state index in [0.29, 0.717) is 11.8 Å². The van der Waals surface area contributed by atoms with Crippen LogP contribution in [0.15, 0.2) is 22.7 Å². The molecule has 2 rings (SSSR count). The number of aromatic hydroxyl groups is 1. The lowest BCUT2D eigenvalue weighted by Gasteiger charge is -2.08. The number of benzene rings is 1. The molecule has 0 aliphatic heterocycles. The number of rotatable bonds is 3. The first kappa shape index (κ1) is 11.4. The molecule has 0 aliphatic carbocycles. The van der Waals surface area contributed by atoms with Gasteiger partial charge in [-0.3, -0.25) is 0 Å². The minimum absolute atomic E-state index is 0.233. The van der Waals surface area contributed by atoms with Gasteiger partial charge in [-0.1, -0.05) is 0 Å². The van der Waals surface area contributed by atoms with Crippen molar-refractivity contribution in [2.24, 2.45) is 0 Å². The molecule has 0 spiro atoms. The van der Waals surface area contributed by atoms with Crippen molar-refractivity contribution in [3.05, 3.63) is 23.8 Å². The molecule has 0 saturated heterocycles. The smallest absolute Gasteiger partial charge is 0.266 e. The lowest BCUT2D eigenvalue weighted by Crippen LogP contribution is -2.16. The van der Waals surface area contributed by atoms with E-state index in [4.69, 9.17) is 4.52 Å². The van der Waals surface area contributed by atoms with Crippen molar-refractivity contribution in [2.45, 2.75) is 13.8 Å². The Bertz CT molecular complexity index is 522. The lowest BCUT2D eigenvalue weighted by molar-refractivity contribution is 0.429. The van der Waals surface area contributed by atoms with E-state index in [9.17, 15) is 5.11 Å². The van der Waals surface area contributed by atoms with Gasteiger partial charge in [-0.05, 0) is 42.8 Å². The Hall–Kier alpha value is -2.04. The molecule has 0 bridgehead atoms. The molecule has 1 aromatic heterocycles. The van der Waals surface area contributed by atoms with Crippen LogP contribution in [0.25, 0.3) is 11.5 Å². The van der Waals surface area contributed by atoms with Gasteiger partial charge in [0.05, 0.1) is 0 Å². The van der Waals surface area contributed by atoms with Gasteiger partial charge < -0.3 is 14.5 Å². The Balaban J connectivity index is 2.37. The molecule has 1 heterocycles. The average molecular weight is 233 g/mol. The largest absolute Gasteiger partial charge is 0.508 e. The Morgan fingerprint density at radius 3 is 2.82 bits per heavy atom. The maximum Gasteiger partial charge on any atom is 0.266 e. The first-order valence-electron chi connectivity index (χ1n) is 5.46. The fraction of sp³-hybridized carbons (Fsp3) is 0.333. The molecule has 5 nitrogen and oxygen atoms in total. The highest BCUT2D eigenvalue weighted by molar-refractivity contribution is 5.60. The van der Waals surface area contributed by atoms with E-state index in [0.717, 1.165) is 17.7 Å². The first-order chi connectivity index (χ1) is 8.11. The Morgan fingerprint density at radius 2 is 2.18 bits per heavy atom. The van der Waals surface area contributed by atoms with Gasteiger partial charge in [-0.2, -0.15) is 4.98 Å². The summed E-state index contributed by atoms with van der Waals surface area (Å²) in [5.41, 5.74) is 1.74. The van der Waals surface area contributed by atoms with Crippen molar-refractivity contribution >= 4 is 5.95 Å². The molecule has 0 radical (unpaired) electrons. The highest BCUT2D eigenvalue weighted by Gasteiger charge is 2.13. The van der Waals surface area contributed by atoms with Crippen molar-refractivity contribution in [1.82, 2.24) is 10.1 Å². The van der Waals surface area contributed by atoms with E-state index in [-0.39, 0.29) is 5.75 Å². The predicted molar refractivity (Wildman–Crippen MR) is 65.1 cm³/mol. The summed E-state index contributed by atoms with van der Waals surface area (Å²) < 4.78 is 5.21. The Labute approximate surface area is 99.7 Å². The van der Waals surface area contributed by atoms with Crippen molar-refractivity contribution in [2.75, 3.05) is 18.5 Å². The summed E-state index contributed by atoms with van der Waals surface area (Å²) in [7, 11) is 1.90. The standard InChI is InChI=1S/C12H15N3O2/c1-4-15(3)12-13-11(17-14-12)10-6-5-9(16)7-8(10)2/h5-7,16H,4H2,1-3H3. The van der Waals surface area contributed by atoms with E-state index in [2.05, 4.69) is 10.1 Å². The maximum atomic E-state index is 9.34. The molecule has 0 unspecified atom stereocenters. The third-order valence-corrected chi connectivity index (χ3v) is 2.67. The number of nitrogens with zero attached hydrogens (tertiary/aromatic N) is 3. The average Bonchev–Trinajstić information content (AvgIpc) is 2.77. The molecular weight excluding hydrogens is 218 g/mol. The second-order valence-corrected chi connectivity index (χ2v) is 3.91. The van der Waals surface area contributed by atoms with Gasteiger partial charge in [0, 0.05) is 19.2 Å². The zero-order chi connectivity index (χ0) is 12.4. The van der Waals surface area contributed by atoms with Crippen LogP contribution >= 0.6 is 0 Å². The first-order valence-corrected chi connectivity index (χ1v) is 5.46. The molecule has 1 aromatic carbocycles. The number of phenolic OH excluding ortho intramolecular Hbond substituents is 1. The highest BCUT2D eigenvalue weighted by Crippen LogP contribution is 2.26. The number of hydrogen-bond donors (Lipinski definition) is 1. The van der Waals surface area contributed by atoms with Crippen LogP contribution < -0.4 is 4.90 Å². The van der Waals surface area contributed by atoms with Gasteiger partial charge >= 0.3 is 0 Å². The predicted octanol–water partition coefficient (Wildman–Crippen LogP) is 2.21. The summed E-state index contributed by atoms with van der Waals surface area (Å²) in [5.74, 6) is 1.27. The SMILES string of the molecule is CCN(C)c1noc(-c2ccc(O)cc2C)n1. The van der Waals surface area contributed by atoms with Crippen LogP contribution in [0.2, 0.25) is 0 Å². The second-order valence-electron chi connectivity index (χ2n) is 3.91.